The molecule has 0 bridgehead atoms. The monoisotopic (exact) mass is 298 g/mol. The number of hydrogen-bond donors (Lipinski definition) is 1. The first-order valence-corrected chi connectivity index (χ1v) is 7.53. The van der Waals surface area contributed by atoms with Gasteiger partial charge in [0.2, 0.25) is 5.78 Å². The number of Topliss-reactive ketones (excluding diaryl/α,β-unsaturated/α-hetero) is 1. The van der Waals surface area contributed by atoms with Crippen molar-refractivity contribution in [3.05, 3.63) is 70.6 Å². The Kier molecular flexibility index (Phi) is 5.92. The molecule has 2 nitrogen and oxygen atoms in total. The third-order valence-electron chi connectivity index (χ3n) is 3.86. The van der Waals surface area contributed by atoms with Crippen LogP contribution in [0.1, 0.15) is 41.5 Å². The zero-order valence-corrected chi connectivity index (χ0v) is 14.4. The molecule has 0 atom stereocenters. The Morgan fingerprint density at radius 3 is 2.41 bits per heavy atom. The minimum absolute atomic E-state index is 0.156. The average molecular weight is 298 g/mol. The highest BCUT2D eigenvalue weighted by atomic mass is 16.3. The molecule has 118 valence electrons. The van der Waals surface area contributed by atoms with E-state index in [4.69, 9.17) is 0 Å². The van der Waals surface area contributed by atoms with Gasteiger partial charge in [-0.1, -0.05) is 61.4 Å². The summed E-state index contributed by atoms with van der Waals surface area (Å²) in [5.74, 6) is -0.444. The lowest BCUT2D eigenvalue weighted by Crippen LogP contribution is -2.23. The van der Waals surface area contributed by atoms with Gasteiger partial charge in [0.25, 0.3) is 0 Å². The highest BCUT2D eigenvalue weighted by Crippen LogP contribution is 2.37. The predicted molar refractivity (Wildman–Crippen MR) is 93.7 cm³/mol. The van der Waals surface area contributed by atoms with Crippen LogP contribution in [-0.4, -0.2) is 10.9 Å². The molecule has 0 spiro atoms. The van der Waals surface area contributed by atoms with Gasteiger partial charge in [-0.15, -0.1) is 0 Å². The Morgan fingerprint density at radius 1 is 1.18 bits per heavy atom. The number of aliphatic hydroxyl groups excluding tert-OH is 1. The Morgan fingerprint density at radius 2 is 1.82 bits per heavy atom. The standard InChI is InChI=1S/C20H26O2/c1-7-14(2)9-8-10-15(3)11-12-17-16(4)19(22)18(21)13-20(17,5)6/h7-13,21H,1-6H3/b9-8+,12-11+,14-7+,15-10+. The molecule has 0 aliphatic heterocycles. The number of hydrogen-bond acceptors (Lipinski definition) is 2. The molecule has 0 saturated heterocycles. The summed E-state index contributed by atoms with van der Waals surface area (Å²) in [5.41, 5.74) is 3.51. The fourth-order valence-corrected chi connectivity index (χ4v) is 2.34. The van der Waals surface area contributed by atoms with Crippen molar-refractivity contribution in [2.75, 3.05) is 0 Å². The lowest BCUT2D eigenvalue weighted by Gasteiger charge is -2.28. The zero-order valence-electron chi connectivity index (χ0n) is 14.4. The molecule has 0 fully saturated rings. The SMILES string of the molecule is C/C=C(C)/C=C/C=C(C)/C=C/C1=C(C)C(=O)C(O)=CC1(C)C. The summed E-state index contributed by atoms with van der Waals surface area (Å²) in [6.45, 7) is 11.8. The van der Waals surface area contributed by atoms with Crippen molar-refractivity contribution in [3.63, 3.8) is 0 Å². The van der Waals surface area contributed by atoms with E-state index in [1.807, 2.05) is 52.0 Å². The van der Waals surface area contributed by atoms with E-state index in [1.165, 1.54) is 5.57 Å². The van der Waals surface area contributed by atoms with Crippen LogP contribution in [-0.2, 0) is 4.79 Å². The van der Waals surface area contributed by atoms with Crippen LogP contribution in [0.3, 0.4) is 0 Å². The summed E-state index contributed by atoms with van der Waals surface area (Å²) in [6.07, 6.45) is 13.7. The fourth-order valence-electron chi connectivity index (χ4n) is 2.34. The molecule has 0 aromatic heterocycles. The van der Waals surface area contributed by atoms with E-state index in [1.54, 1.807) is 13.0 Å². The lowest BCUT2D eigenvalue weighted by atomic mass is 9.76. The van der Waals surface area contributed by atoms with Crippen LogP contribution >= 0.6 is 0 Å². The molecule has 1 aliphatic carbocycles. The van der Waals surface area contributed by atoms with Gasteiger partial charge in [0.1, 0.15) is 0 Å². The van der Waals surface area contributed by atoms with Gasteiger partial charge in [0.05, 0.1) is 0 Å². The Balaban J connectivity index is 3.00. The molecule has 0 heterocycles. The van der Waals surface area contributed by atoms with Gasteiger partial charge in [-0.05, 0) is 39.3 Å². The maximum absolute atomic E-state index is 11.9. The Bertz CT molecular complexity index is 633. The van der Waals surface area contributed by atoms with Gasteiger partial charge in [-0.2, -0.15) is 0 Å². The van der Waals surface area contributed by atoms with Crippen LogP contribution in [0.2, 0.25) is 0 Å². The van der Waals surface area contributed by atoms with E-state index in [-0.39, 0.29) is 17.0 Å². The van der Waals surface area contributed by atoms with Crippen molar-refractivity contribution in [1.82, 2.24) is 0 Å². The minimum Gasteiger partial charge on any atom is -0.504 e. The number of allylic oxidation sites excluding steroid dienone is 11. The van der Waals surface area contributed by atoms with Crippen molar-refractivity contribution >= 4 is 5.78 Å². The second-order valence-corrected chi connectivity index (χ2v) is 6.25. The number of carbonyl (C=O) groups excluding carboxylic acids is 1. The smallest absolute Gasteiger partial charge is 0.222 e. The number of rotatable bonds is 4. The van der Waals surface area contributed by atoms with E-state index >= 15 is 0 Å². The molecular weight excluding hydrogens is 272 g/mol. The first-order chi connectivity index (χ1) is 10.2. The molecule has 2 heteroatoms. The van der Waals surface area contributed by atoms with Gasteiger partial charge >= 0.3 is 0 Å². The van der Waals surface area contributed by atoms with Crippen molar-refractivity contribution in [2.24, 2.45) is 5.41 Å². The maximum atomic E-state index is 11.9. The second-order valence-electron chi connectivity index (χ2n) is 6.25. The van der Waals surface area contributed by atoms with Crippen LogP contribution in [0.15, 0.2) is 70.6 Å². The molecule has 0 aromatic rings. The molecule has 22 heavy (non-hydrogen) atoms. The van der Waals surface area contributed by atoms with Gasteiger partial charge in [0.15, 0.2) is 5.76 Å². The highest BCUT2D eigenvalue weighted by Gasteiger charge is 2.30. The zero-order chi connectivity index (χ0) is 16.9. The van der Waals surface area contributed by atoms with Gasteiger partial charge in [0, 0.05) is 11.0 Å². The first kappa shape index (κ1) is 18.0. The van der Waals surface area contributed by atoms with Gasteiger partial charge in [-0.25, -0.2) is 0 Å². The first-order valence-electron chi connectivity index (χ1n) is 7.53. The summed E-state index contributed by atoms with van der Waals surface area (Å²) in [4.78, 5) is 11.9. The molecule has 1 aliphatic rings. The normalized spacial score (nSPS) is 20.3. The molecular formula is C20H26O2. The largest absolute Gasteiger partial charge is 0.504 e. The topological polar surface area (TPSA) is 37.3 Å². The maximum Gasteiger partial charge on any atom is 0.222 e. The Hall–Kier alpha value is -2.09. The highest BCUT2D eigenvalue weighted by molar-refractivity contribution is 6.08. The molecule has 0 unspecified atom stereocenters. The van der Waals surface area contributed by atoms with E-state index in [9.17, 15) is 9.90 Å². The summed E-state index contributed by atoms with van der Waals surface area (Å²) in [7, 11) is 0. The third kappa shape index (κ3) is 4.45. The summed E-state index contributed by atoms with van der Waals surface area (Å²) in [5, 5.41) is 9.70. The van der Waals surface area contributed by atoms with Crippen LogP contribution in [0, 0.1) is 5.41 Å². The van der Waals surface area contributed by atoms with Gasteiger partial charge < -0.3 is 5.11 Å². The molecule has 0 aromatic carbocycles. The van der Waals surface area contributed by atoms with Gasteiger partial charge in [-0.3, -0.25) is 4.79 Å². The molecule has 1 N–H and O–H groups in total. The molecule has 0 saturated carbocycles. The van der Waals surface area contributed by atoms with Crippen LogP contribution in [0.4, 0.5) is 0 Å². The van der Waals surface area contributed by atoms with E-state index in [0.29, 0.717) is 5.57 Å². The summed E-state index contributed by atoms with van der Waals surface area (Å²) in [6, 6.07) is 0. The molecule has 0 amide bonds. The summed E-state index contributed by atoms with van der Waals surface area (Å²) >= 11 is 0. The van der Waals surface area contributed by atoms with E-state index in [2.05, 4.69) is 19.1 Å². The summed E-state index contributed by atoms with van der Waals surface area (Å²) < 4.78 is 0. The van der Waals surface area contributed by atoms with Crippen molar-refractivity contribution in [3.8, 4) is 0 Å². The fraction of sp³-hybridized carbons (Fsp3) is 0.350. The number of ketones is 1. The lowest BCUT2D eigenvalue weighted by molar-refractivity contribution is -0.114. The van der Waals surface area contributed by atoms with Crippen molar-refractivity contribution < 1.29 is 9.90 Å². The van der Waals surface area contributed by atoms with Crippen LogP contribution in [0.5, 0.6) is 0 Å². The Labute approximate surface area is 133 Å². The van der Waals surface area contributed by atoms with E-state index < -0.39 is 0 Å². The van der Waals surface area contributed by atoms with Crippen molar-refractivity contribution in [1.29, 1.82) is 0 Å². The average Bonchev–Trinajstić information content (AvgIpc) is 2.43. The molecule has 1 rings (SSSR count). The van der Waals surface area contributed by atoms with Crippen LogP contribution in [0.25, 0.3) is 0 Å². The van der Waals surface area contributed by atoms with E-state index in [0.717, 1.165) is 11.1 Å². The van der Waals surface area contributed by atoms with Crippen LogP contribution < -0.4 is 0 Å². The van der Waals surface area contributed by atoms with Crippen molar-refractivity contribution in [2.45, 2.75) is 41.5 Å². The quantitative estimate of drug-likeness (QED) is 0.708. The number of carbonyl (C=O) groups is 1. The third-order valence-corrected chi connectivity index (χ3v) is 3.86. The minimum atomic E-state index is -0.351. The molecule has 0 radical (unpaired) electrons. The second kappa shape index (κ2) is 7.26. The number of aliphatic hydroxyl groups is 1. The predicted octanol–water partition coefficient (Wildman–Crippen LogP) is 5.38.